The van der Waals surface area contributed by atoms with Crippen LogP contribution in [0.1, 0.15) is 18.9 Å². The molecular formula is C14H16N2O2. The molecule has 0 spiro atoms. The summed E-state index contributed by atoms with van der Waals surface area (Å²) in [4.78, 5) is 11.5. The SMILES string of the molecule is CC1CC1CNC(=O)COc1ccccc1C#N. The zero-order chi connectivity index (χ0) is 13.0. The topological polar surface area (TPSA) is 62.1 Å². The molecule has 0 aromatic heterocycles. The van der Waals surface area contributed by atoms with Gasteiger partial charge in [-0.2, -0.15) is 5.26 Å². The van der Waals surface area contributed by atoms with Gasteiger partial charge in [0.05, 0.1) is 5.56 Å². The molecule has 1 amide bonds. The molecule has 94 valence electrons. The maximum absolute atomic E-state index is 11.5. The fraction of sp³-hybridized carbons (Fsp3) is 0.429. The standard InChI is InChI=1S/C14H16N2O2/c1-10-6-12(10)8-16-14(17)9-18-13-5-3-2-4-11(13)7-15/h2-5,10,12H,6,8-9H2,1H3,(H,16,17). The predicted molar refractivity (Wildman–Crippen MR) is 66.9 cm³/mol. The molecule has 1 aliphatic rings. The predicted octanol–water partition coefficient (Wildman–Crippen LogP) is 1.71. The summed E-state index contributed by atoms with van der Waals surface area (Å²) in [6.07, 6.45) is 1.19. The van der Waals surface area contributed by atoms with Crippen molar-refractivity contribution in [3.8, 4) is 11.8 Å². The normalized spacial score (nSPS) is 20.9. The summed E-state index contributed by atoms with van der Waals surface area (Å²) in [6, 6.07) is 8.93. The van der Waals surface area contributed by atoms with Gasteiger partial charge in [0, 0.05) is 6.54 Å². The van der Waals surface area contributed by atoms with E-state index in [0.29, 0.717) is 17.2 Å². The van der Waals surface area contributed by atoms with Crippen molar-refractivity contribution in [3.05, 3.63) is 29.8 Å². The molecular weight excluding hydrogens is 228 g/mol. The average molecular weight is 244 g/mol. The van der Waals surface area contributed by atoms with Crippen molar-refractivity contribution in [2.45, 2.75) is 13.3 Å². The molecule has 1 aromatic rings. The first-order valence-electron chi connectivity index (χ1n) is 6.09. The Morgan fingerprint density at radius 3 is 2.94 bits per heavy atom. The lowest BCUT2D eigenvalue weighted by Crippen LogP contribution is -2.30. The van der Waals surface area contributed by atoms with Crippen LogP contribution < -0.4 is 10.1 Å². The van der Waals surface area contributed by atoms with Crippen LogP contribution in [0.2, 0.25) is 0 Å². The molecule has 1 fully saturated rings. The Morgan fingerprint density at radius 1 is 1.56 bits per heavy atom. The van der Waals surface area contributed by atoms with Gasteiger partial charge in [-0.25, -0.2) is 0 Å². The molecule has 2 rings (SSSR count). The van der Waals surface area contributed by atoms with E-state index in [4.69, 9.17) is 10.00 Å². The number of nitrogens with zero attached hydrogens (tertiary/aromatic N) is 1. The van der Waals surface area contributed by atoms with Crippen LogP contribution in [0, 0.1) is 23.2 Å². The van der Waals surface area contributed by atoms with Crippen molar-refractivity contribution in [1.29, 1.82) is 5.26 Å². The first kappa shape index (κ1) is 12.4. The number of carbonyl (C=O) groups excluding carboxylic acids is 1. The summed E-state index contributed by atoms with van der Waals surface area (Å²) in [5.41, 5.74) is 0.445. The quantitative estimate of drug-likeness (QED) is 0.857. The van der Waals surface area contributed by atoms with E-state index in [1.54, 1.807) is 24.3 Å². The molecule has 0 radical (unpaired) electrons. The molecule has 1 N–H and O–H groups in total. The van der Waals surface area contributed by atoms with Crippen LogP contribution in [0.15, 0.2) is 24.3 Å². The van der Waals surface area contributed by atoms with E-state index in [1.807, 2.05) is 6.07 Å². The van der Waals surface area contributed by atoms with Gasteiger partial charge in [0.2, 0.25) is 0 Å². The van der Waals surface area contributed by atoms with Gasteiger partial charge in [0.1, 0.15) is 11.8 Å². The average Bonchev–Trinajstić information content (AvgIpc) is 3.10. The molecule has 0 aliphatic heterocycles. The Morgan fingerprint density at radius 2 is 2.28 bits per heavy atom. The van der Waals surface area contributed by atoms with Gasteiger partial charge in [-0.05, 0) is 30.4 Å². The van der Waals surface area contributed by atoms with Crippen molar-refractivity contribution in [3.63, 3.8) is 0 Å². The van der Waals surface area contributed by atoms with Crippen LogP contribution in [0.5, 0.6) is 5.75 Å². The monoisotopic (exact) mass is 244 g/mol. The molecule has 0 saturated heterocycles. The van der Waals surface area contributed by atoms with Gasteiger partial charge in [-0.3, -0.25) is 4.79 Å². The molecule has 4 nitrogen and oxygen atoms in total. The largest absolute Gasteiger partial charge is 0.482 e. The molecule has 1 saturated carbocycles. The lowest BCUT2D eigenvalue weighted by molar-refractivity contribution is -0.123. The van der Waals surface area contributed by atoms with Crippen LogP contribution in [-0.4, -0.2) is 19.1 Å². The highest BCUT2D eigenvalue weighted by atomic mass is 16.5. The summed E-state index contributed by atoms with van der Waals surface area (Å²) >= 11 is 0. The second-order valence-electron chi connectivity index (χ2n) is 4.67. The highest BCUT2D eigenvalue weighted by Crippen LogP contribution is 2.36. The number of hydrogen-bond donors (Lipinski definition) is 1. The highest BCUT2D eigenvalue weighted by Gasteiger charge is 2.32. The van der Waals surface area contributed by atoms with E-state index in [1.165, 1.54) is 6.42 Å². The molecule has 0 heterocycles. The summed E-state index contributed by atoms with van der Waals surface area (Å²) in [7, 11) is 0. The van der Waals surface area contributed by atoms with Crippen LogP contribution >= 0.6 is 0 Å². The van der Waals surface area contributed by atoms with Crippen molar-refractivity contribution >= 4 is 5.91 Å². The van der Waals surface area contributed by atoms with Gasteiger partial charge in [0.15, 0.2) is 6.61 Å². The van der Waals surface area contributed by atoms with E-state index in [0.717, 1.165) is 12.5 Å². The maximum atomic E-state index is 11.5. The zero-order valence-electron chi connectivity index (χ0n) is 10.3. The minimum atomic E-state index is -0.137. The lowest BCUT2D eigenvalue weighted by atomic mass is 10.2. The van der Waals surface area contributed by atoms with Gasteiger partial charge < -0.3 is 10.1 Å². The second-order valence-corrected chi connectivity index (χ2v) is 4.67. The third kappa shape index (κ3) is 3.24. The van der Waals surface area contributed by atoms with Crippen LogP contribution in [0.4, 0.5) is 0 Å². The zero-order valence-corrected chi connectivity index (χ0v) is 10.3. The van der Waals surface area contributed by atoms with Gasteiger partial charge >= 0.3 is 0 Å². The number of hydrogen-bond acceptors (Lipinski definition) is 3. The minimum Gasteiger partial charge on any atom is -0.482 e. The third-order valence-electron chi connectivity index (χ3n) is 3.20. The number of carbonyl (C=O) groups is 1. The third-order valence-corrected chi connectivity index (χ3v) is 3.20. The van der Waals surface area contributed by atoms with E-state index < -0.39 is 0 Å². The number of rotatable bonds is 5. The van der Waals surface area contributed by atoms with Crippen molar-refractivity contribution in [2.24, 2.45) is 11.8 Å². The highest BCUT2D eigenvalue weighted by molar-refractivity contribution is 5.77. The minimum absolute atomic E-state index is 0.0419. The summed E-state index contributed by atoms with van der Waals surface area (Å²) < 4.78 is 5.33. The first-order valence-corrected chi connectivity index (χ1v) is 6.09. The van der Waals surface area contributed by atoms with E-state index in [-0.39, 0.29) is 12.5 Å². The number of para-hydroxylation sites is 1. The molecule has 2 unspecified atom stereocenters. The number of nitrogens with one attached hydrogen (secondary N) is 1. The Hall–Kier alpha value is -2.02. The number of nitriles is 1. The Balaban J connectivity index is 1.76. The maximum Gasteiger partial charge on any atom is 0.257 e. The van der Waals surface area contributed by atoms with Crippen molar-refractivity contribution < 1.29 is 9.53 Å². The Bertz CT molecular complexity index is 479. The van der Waals surface area contributed by atoms with E-state index in [2.05, 4.69) is 12.2 Å². The molecule has 4 heteroatoms. The van der Waals surface area contributed by atoms with Gasteiger partial charge in [-0.15, -0.1) is 0 Å². The summed E-state index contributed by atoms with van der Waals surface area (Å²) in [5, 5.41) is 11.7. The first-order chi connectivity index (χ1) is 8.70. The molecule has 1 aliphatic carbocycles. The Kier molecular flexibility index (Phi) is 3.83. The van der Waals surface area contributed by atoms with Crippen molar-refractivity contribution in [2.75, 3.05) is 13.2 Å². The number of amides is 1. The fourth-order valence-electron chi connectivity index (χ4n) is 1.81. The molecule has 2 atom stereocenters. The number of benzene rings is 1. The molecule has 0 bridgehead atoms. The van der Waals surface area contributed by atoms with E-state index in [9.17, 15) is 4.79 Å². The van der Waals surface area contributed by atoms with Crippen LogP contribution in [-0.2, 0) is 4.79 Å². The van der Waals surface area contributed by atoms with Crippen LogP contribution in [0.3, 0.4) is 0 Å². The summed E-state index contributed by atoms with van der Waals surface area (Å²) in [5.74, 6) is 1.67. The number of ether oxygens (including phenoxy) is 1. The van der Waals surface area contributed by atoms with E-state index >= 15 is 0 Å². The summed E-state index contributed by atoms with van der Waals surface area (Å²) in [6.45, 7) is 2.86. The second kappa shape index (κ2) is 5.54. The molecule has 1 aromatic carbocycles. The molecule has 18 heavy (non-hydrogen) atoms. The van der Waals surface area contributed by atoms with Crippen molar-refractivity contribution in [1.82, 2.24) is 5.32 Å². The smallest absolute Gasteiger partial charge is 0.257 e. The Labute approximate surface area is 107 Å². The fourth-order valence-corrected chi connectivity index (χ4v) is 1.81. The van der Waals surface area contributed by atoms with Crippen LogP contribution in [0.25, 0.3) is 0 Å². The van der Waals surface area contributed by atoms with Gasteiger partial charge in [0.25, 0.3) is 5.91 Å². The van der Waals surface area contributed by atoms with Gasteiger partial charge in [-0.1, -0.05) is 19.1 Å². The lowest BCUT2D eigenvalue weighted by Gasteiger charge is -2.08.